The minimum absolute atomic E-state index is 0.0184. The van der Waals surface area contributed by atoms with E-state index in [0.717, 1.165) is 5.56 Å². The molecule has 1 aromatic rings. The Morgan fingerprint density at radius 3 is 2.36 bits per heavy atom. The van der Waals surface area contributed by atoms with E-state index < -0.39 is 11.9 Å². The van der Waals surface area contributed by atoms with Crippen molar-refractivity contribution in [2.24, 2.45) is 27.9 Å². The molecule has 1 aromatic carbocycles. The van der Waals surface area contributed by atoms with Gasteiger partial charge in [0.1, 0.15) is 11.8 Å². The summed E-state index contributed by atoms with van der Waals surface area (Å²) in [5.74, 6) is -0.848. The molecule has 9 heteroatoms. The lowest BCUT2D eigenvalue weighted by Crippen LogP contribution is -2.47. The highest BCUT2D eigenvalue weighted by Crippen LogP contribution is 2.11. The van der Waals surface area contributed by atoms with Gasteiger partial charge in [0.2, 0.25) is 11.8 Å². The standard InChI is InChI=1S/C16H26N6O3/c17-11(2-1-7-21-16(19)20)9-14(24)22-13(15(18)25)8-10-3-5-12(23)6-4-10/h3-6,11,13,23H,1-2,7-9,17H2,(H2,18,25)(H,22,24)(H4,19,20,21)/t11-,13-/m0/s1. The summed E-state index contributed by atoms with van der Waals surface area (Å²) < 4.78 is 0. The maximum Gasteiger partial charge on any atom is 0.240 e. The molecular weight excluding hydrogens is 324 g/mol. The fourth-order valence-electron chi connectivity index (χ4n) is 2.25. The first-order valence-corrected chi connectivity index (χ1v) is 7.95. The largest absolute Gasteiger partial charge is 0.508 e. The number of phenolic OH excluding ortho intramolecular Hbond substituents is 1. The first kappa shape index (κ1) is 20.2. The molecule has 0 radical (unpaired) electrons. The predicted octanol–water partition coefficient (Wildman–Crippen LogP) is -1.32. The van der Waals surface area contributed by atoms with Crippen molar-refractivity contribution in [2.45, 2.75) is 37.8 Å². The number of carbonyl (C=O) groups is 2. The number of amides is 2. The van der Waals surface area contributed by atoms with Gasteiger partial charge in [-0.15, -0.1) is 0 Å². The summed E-state index contributed by atoms with van der Waals surface area (Å²) in [5, 5.41) is 11.9. The normalized spacial score (nSPS) is 12.8. The van der Waals surface area contributed by atoms with Crippen LogP contribution >= 0.6 is 0 Å². The van der Waals surface area contributed by atoms with E-state index >= 15 is 0 Å². The fraction of sp³-hybridized carbons (Fsp3) is 0.438. The van der Waals surface area contributed by atoms with Gasteiger partial charge in [0.05, 0.1) is 0 Å². The second kappa shape index (κ2) is 10.1. The third kappa shape index (κ3) is 8.56. The number of nitrogens with zero attached hydrogens (tertiary/aromatic N) is 1. The van der Waals surface area contributed by atoms with Gasteiger partial charge >= 0.3 is 0 Å². The van der Waals surface area contributed by atoms with Crippen LogP contribution in [0.15, 0.2) is 29.3 Å². The molecule has 0 aromatic heterocycles. The van der Waals surface area contributed by atoms with E-state index in [2.05, 4.69) is 10.3 Å². The van der Waals surface area contributed by atoms with Gasteiger partial charge in [-0.25, -0.2) is 0 Å². The summed E-state index contributed by atoms with van der Waals surface area (Å²) in [6, 6.07) is 5.12. The molecule has 10 N–H and O–H groups in total. The summed E-state index contributed by atoms with van der Waals surface area (Å²) >= 11 is 0. The number of nitrogens with two attached hydrogens (primary N) is 4. The van der Waals surface area contributed by atoms with E-state index in [1.54, 1.807) is 12.1 Å². The Bertz CT molecular complexity index is 598. The lowest BCUT2D eigenvalue weighted by Gasteiger charge is -2.17. The number of nitrogens with one attached hydrogen (secondary N) is 1. The molecule has 0 unspecified atom stereocenters. The molecule has 0 heterocycles. The lowest BCUT2D eigenvalue weighted by molar-refractivity contribution is -0.127. The number of phenols is 1. The average Bonchev–Trinajstić information content (AvgIpc) is 2.52. The van der Waals surface area contributed by atoms with Gasteiger partial charge in [0, 0.05) is 25.4 Å². The fourth-order valence-corrected chi connectivity index (χ4v) is 2.25. The van der Waals surface area contributed by atoms with Crippen molar-refractivity contribution in [3.05, 3.63) is 29.8 Å². The van der Waals surface area contributed by atoms with Gasteiger partial charge in [-0.05, 0) is 30.5 Å². The van der Waals surface area contributed by atoms with Crippen molar-refractivity contribution in [3.63, 3.8) is 0 Å². The minimum Gasteiger partial charge on any atom is -0.508 e. The van der Waals surface area contributed by atoms with Gasteiger partial charge in [-0.2, -0.15) is 0 Å². The molecule has 138 valence electrons. The zero-order valence-corrected chi connectivity index (χ0v) is 14.0. The number of hydrogen-bond acceptors (Lipinski definition) is 5. The number of hydrogen-bond donors (Lipinski definition) is 6. The zero-order valence-electron chi connectivity index (χ0n) is 14.0. The van der Waals surface area contributed by atoms with Crippen molar-refractivity contribution < 1.29 is 14.7 Å². The van der Waals surface area contributed by atoms with E-state index in [9.17, 15) is 14.7 Å². The zero-order chi connectivity index (χ0) is 18.8. The van der Waals surface area contributed by atoms with Gasteiger partial charge in [-0.1, -0.05) is 12.1 Å². The molecule has 0 saturated heterocycles. The van der Waals surface area contributed by atoms with Crippen LogP contribution in [0, 0.1) is 0 Å². The Morgan fingerprint density at radius 2 is 1.80 bits per heavy atom. The Hall–Kier alpha value is -2.81. The second-order valence-corrected chi connectivity index (χ2v) is 5.81. The smallest absolute Gasteiger partial charge is 0.240 e. The predicted molar refractivity (Wildman–Crippen MR) is 95.4 cm³/mol. The molecule has 0 saturated carbocycles. The first-order valence-electron chi connectivity index (χ1n) is 7.95. The molecule has 0 aliphatic carbocycles. The highest BCUT2D eigenvalue weighted by molar-refractivity contribution is 5.87. The number of carbonyl (C=O) groups excluding carboxylic acids is 2. The first-order chi connectivity index (χ1) is 11.8. The van der Waals surface area contributed by atoms with E-state index in [1.807, 2.05) is 0 Å². The maximum absolute atomic E-state index is 12.0. The Labute approximate surface area is 146 Å². The molecule has 0 spiro atoms. The molecule has 2 atom stereocenters. The van der Waals surface area contributed by atoms with Crippen molar-refractivity contribution in [1.29, 1.82) is 0 Å². The molecule has 9 nitrogen and oxygen atoms in total. The quantitative estimate of drug-likeness (QED) is 0.173. The minimum atomic E-state index is -0.842. The van der Waals surface area contributed by atoms with Gasteiger partial charge < -0.3 is 33.4 Å². The molecule has 0 aliphatic rings. The second-order valence-electron chi connectivity index (χ2n) is 5.81. The summed E-state index contributed by atoms with van der Waals surface area (Å²) in [5.41, 5.74) is 22.5. The lowest BCUT2D eigenvalue weighted by atomic mass is 10.0. The van der Waals surface area contributed by atoms with Crippen molar-refractivity contribution >= 4 is 17.8 Å². The summed E-state index contributed by atoms with van der Waals surface area (Å²) in [6.07, 6.45) is 1.53. The number of primary amides is 1. The van der Waals surface area contributed by atoms with E-state index in [-0.39, 0.29) is 36.5 Å². The average molecular weight is 350 g/mol. The third-order valence-electron chi connectivity index (χ3n) is 3.53. The number of rotatable bonds is 10. The van der Waals surface area contributed by atoms with Gasteiger partial charge in [0.15, 0.2) is 5.96 Å². The molecule has 25 heavy (non-hydrogen) atoms. The van der Waals surface area contributed by atoms with E-state index in [1.165, 1.54) is 12.1 Å². The Kier molecular flexibility index (Phi) is 8.21. The van der Waals surface area contributed by atoms with Crippen LogP contribution in [0.25, 0.3) is 0 Å². The van der Waals surface area contributed by atoms with Crippen LogP contribution in [0.2, 0.25) is 0 Å². The Morgan fingerprint density at radius 1 is 1.16 bits per heavy atom. The van der Waals surface area contributed by atoms with Crippen LogP contribution in [0.4, 0.5) is 0 Å². The van der Waals surface area contributed by atoms with E-state index in [0.29, 0.717) is 19.4 Å². The van der Waals surface area contributed by atoms with Gasteiger partial charge in [0.25, 0.3) is 0 Å². The molecule has 0 aliphatic heterocycles. The SMILES string of the molecule is NC(=O)[C@H](Cc1ccc(O)cc1)NC(=O)C[C@@H](N)CCCN=C(N)N. The summed E-state index contributed by atoms with van der Waals surface area (Å²) in [7, 11) is 0. The van der Waals surface area contributed by atoms with Crippen LogP contribution in [-0.2, 0) is 16.0 Å². The topological polar surface area (TPSA) is 183 Å². The van der Waals surface area contributed by atoms with Crippen LogP contribution in [-0.4, -0.2) is 41.5 Å². The highest BCUT2D eigenvalue weighted by atomic mass is 16.3. The van der Waals surface area contributed by atoms with Crippen molar-refractivity contribution in [3.8, 4) is 5.75 Å². The van der Waals surface area contributed by atoms with E-state index in [4.69, 9.17) is 22.9 Å². The molecule has 0 bridgehead atoms. The van der Waals surface area contributed by atoms with Crippen LogP contribution < -0.4 is 28.3 Å². The third-order valence-corrected chi connectivity index (χ3v) is 3.53. The van der Waals surface area contributed by atoms with Gasteiger partial charge in [-0.3, -0.25) is 14.6 Å². The molecule has 0 fully saturated rings. The summed E-state index contributed by atoms with van der Waals surface area (Å²) in [4.78, 5) is 27.4. The summed E-state index contributed by atoms with van der Waals surface area (Å²) in [6.45, 7) is 0.447. The number of aliphatic imine (C=N–C) groups is 1. The van der Waals surface area contributed by atoms with Crippen LogP contribution in [0.1, 0.15) is 24.8 Å². The number of benzene rings is 1. The van der Waals surface area contributed by atoms with Crippen LogP contribution in [0.3, 0.4) is 0 Å². The van der Waals surface area contributed by atoms with Crippen molar-refractivity contribution in [1.82, 2.24) is 5.32 Å². The molecular formula is C16H26N6O3. The number of aromatic hydroxyl groups is 1. The molecule has 2 amide bonds. The highest BCUT2D eigenvalue weighted by Gasteiger charge is 2.20. The molecule has 1 rings (SSSR count). The Balaban J connectivity index is 2.46. The number of guanidine groups is 1. The maximum atomic E-state index is 12.0. The van der Waals surface area contributed by atoms with Crippen molar-refractivity contribution in [2.75, 3.05) is 6.54 Å². The monoisotopic (exact) mass is 350 g/mol. The van der Waals surface area contributed by atoms with Crippen LogP contribution in [0.5, 0.6) is 5.75 Å².